The molecule has 0 heterocycles. The van der Waals surface area contributed by atoms with Crippen LogP contribution in [0.1, 0.15) is 58.4 Å². The van der Waals surface area contributed by atoms with Crippen LogP contribution in [-0.4, -0.2) is 12.6 Å². The van der Waals surface area contributed by atoms with Gasteiger partial charge in [-0.2, -0.15) is 0 Å². The van der Waals surface area contributed by atoms with Gasteiger partial charge >= 0.3 is 0 Å². The summed E-state index contributed by atoms with van der Waals surface area (Å²) < 4.78 is 5.86. The molecule has 2 heteroatoms. The highest BCUT2D eigenvalue weighted by Crippen LogP contribution is 2.28. The maximum Gasteiger partial charge on any atom is 0.142 e. The summed E-state index contributed by atoms with van der Waals surface area (Å²) in [5.41, 5.74) is 2.39. The van der Waals surface area contributed by atoms with Crippen LogP contribution >= 0.6 is 0 Å². The molecule has 0 saturated carbocycles. The van der Waals surface area contributed by atoms with Gasteiger partial charge in [-0.1, -0.05) is 39.7 Å². The largest absolute Gasteiger partial charge is 0.491 e. The molecule has 0 bridgehead atoms. The van der Waals surface area contributed by atoms with Gasteiger partial charge in [0.05, 0.1) is 12.3 Å². The van der Waals surface area contributed by atoms with Crippen LogP contribution in [0.4, 0.5) is 5.69 Å². The molecule has 0 atom stereocenters. The summed E-state index contributed by atoms with van der Waals surface area (Å²) in [6, 6.07) is 6.99. The van der Waals surface area contributed by atoms with Gasteiger partial charge in [0.15, 0.2) is 0 Å². The number of aryl methyl sites for hydroxylation is 1. The van der Waals surface area contributed by atoms with Crippen LogP contribution in [0.5, 0.6) is 5.75 Å². The second kappa shape index (κ2) is 8.84. The van der Waals surface area contributed by atoms with Gasteiger partial charge in [0, 0.05) is 6.04 Å². The lowest BCUT2D eigenvalue weighted by Gasteiger charge is -2.21. The zero-order chi connectivity index (χ0) is 14.1. The molecule has 0 unspecified atom stereocenters. The lowest BCUT2D eigenvalue weighted by molar-refractivity contribution is 0.318. The number of nitrogens with one attached hydrogen (secondary N) is 1. The Morgan fingerprint density at radius 3 is 2.32 bits per heavy atom. The first-order chi connectivity index (χ1) is 9.21. The molecule has 0 aliphatic heterocycles. The van der Waals surface area contributed by atoms with Gasteiger partial charge in [0.25, 0.3) is 0 Å². The Morgan fingerprint density at radius 1 is 1.05 bits per heavy atom. The molecule has 2 nitrogen and oxygen atoms in total. The van der Waals surface area contributed by atoms with E-state index in [4.69, 9.17) is 4.74 Å². The second-order valence-electron chi connectivity index (χ2n) is 5.27. The SMILES string of the molecule is CCCOc1cc(C)ccc1NC(CCC)CCC. The Morgan fingerprint density at radius 2 is 1.74 bits per heavy atom. The van der Waals surface area contributed by atoms with Crippen molar-refractivity contribution in [3.63, 3.8) is 0 Å². The van der Waals surface area contributed by atoms with Crippen molar-refractivity contribution in [1.29, 1.82) is 0 Å². The quantitative estimate of drug-likeness (QED) is 0.664. The van der Waals surface area contributed by atoms with E-state index in [0.29, 0.717) is 6.04 Å². The summed E-state index contributed by atoms with van der Waals surface area (Å²) in [6.07, 6.45) is 5.91. The Balaban J connectivity index is 2.78. The highest BCUT2D eigenvalue weighted by atomic mass is 16.5. The Labute approximate surface area is 118 Å². The molecule has 0 aliphatic carbocycles. The van der Waals surface area contributed by atoms with Gasteiger partial charge in [-0.25, -0.2) is 0 Å². The fourth-order valence-electron chi connectivity index (χ4n) is 2.29. The number of hydrogen-bond donors (Lipinski definition) is 1. The van der Waals surface area contributed by atoms with E-state index in [1.807, 2.05) is 0 Å². The van der Waals surface area contributed by atoms with Crippen LogP contribution in [0, 0.1) is 6.92 Å². The molecule has 0 saturated heterocycles. The zero-order valence-corrected chi connectivity index (χ0v) is 13.0. The fourth-order valence-corrected chi connectivity index (χ4v) is 2.29. The van der Waals surface area contributed by atoms with Gasteiger partial charge < -0.3 is 10.1 Å². The summed E-state index contributed by atoms with van der Waals surface area (Å²) in [5.74, 6) is 0.999. The van der Waals surface area contributed by atoms with E-state index in [0.717, 1.165) is 24.5 Å². The van der Waals surface area contributed by atoms with Crippen LogP contribution in [0.25, 0.3) is 0 Å². The average molecular weight is 263 g/mol. The number of anilines is 1. The number of hydrogen-bond acceptors (Lipinski definition) is 2. The summed E-state index contributed by atoms with van der Waals surface area (Å²) in [6.45, 7) is 9.52. The van der Waals surface area contributed by atoms with E-state index in [1.165, 1.54) is 31.2 Å². The van der Waals surface area contributed by atoms with Crippen molar-refractivity contribution < 1.29 is 4.74 Å². The normalized spacial score (nSPS) is 10.8. The van der Waals surface area contributed by atoms with Crippen LogP contribution in [0.3, 0.4) is 0 Å². The summed E-state index contributed by atoms with van der Waals surface area (Å²) in [5, 5.41) is 3.66. The minimum Gasteiger partial charge on any atom is -0.491 e. The molecule has 0 amide bonds. The topological polar surface area (TPSA) is 21.3 Å². The molecule has 0 fully saturated rings. The van der Waals surface area contributed by atoms with Crippen molar-refractivity contribution in [1.82, 2.24) is 0 Å². The third kappa shape index (κ3) is 5.54. The van der Waals surface area contributed by atoms with Gasteiger partial charge in [-0.3, -0.25) is 0 Å². The monoisotopic (exact) mass is 263 g/mol. The molecule has 1 N–H and O–H groups in total. The lowest BCUT2D eigenvalue weighted by atomic mass is 10.1. The maximum absolute atomic E-state index is 5.86. The van der Waals surface area contributed by atoms with Gasteiger partial charge in [0.1, 0.15) is 5.75 Å². The van der Waals surface area contributed by atoms with E-state index in [9.17, 15) is 0 Å². The molecular formula is C17H29NO. The van der Waals surface area contributed by atoms with Gasteiger partial charge in [-0.15, -0.1) is 0 Å². The molecule has 108 valence electrons. The lowest BCUT2D eigenvalue weighted by Crippen LogP contribution is -2.19. The predicted octanol–water partition coefficient (Wildman–Crippen LogP) is 5.16. The Kier molecular flexibility index (Phi) is 7.39. The third-order valence-corrected chi connectivity index (χ3v) is 3.23. The number of ether oxygens (including phenoxy) is 1. The first-order valence-electron chi connectivity index (χ1n) is 7.71. The van der Waals surface area contributed by atoms with Crippen LogP contribution in [-0.2, 0) is 0 Å². The van der Waals surface area contributed by atoms with E-state index in [2.05, 4.69) is 51.2 Å². The standard InChI is InChI=1S/C17H29NO/c1-5-8-15(9-6-2)18-16-11-10-14(4)13-17(16)19-12-7-3/h10-11,13,15,18H,5-9,12H2,1-4H3. The molecular weight excluding hydrogens is 234 g/mol. The average Bonchev–Trinajstić information content (AvgIpc) is 2.39. The van der Waals surface area contributed by atoms with Crippen molar-refractivity contribution in [2.45, 2.75) is 65.8 Å². The van der Waals surface area contributed by atoms with E-state index < -0.39 is 0 Å². The first-order valence-corrected chi connectivity index (χ1v) is 7.71. The van der Waals surface area contributed by atoms with E-state index >= 15 is 0 Å². The smallest absolute Gasteiger partial charge is 0.142 e. The zero-order valence-electron chi connectivity index (χ0n) is 13.0. The summed E-state index contributed by atoms with van der Waals surface area (Å²) in [4.78, 5) is 0. The molecule has 19 heavy (non-hydrogen) atoms. The molecule has 1 rings (SSSR count). The number of benzene rings is 1. The van der Waals surface area contributed by atoms with Crippen LogP contribution in [0.15, 0.2) is 18.2 Å². The van der Waals surface area contributed by atoms with E-state index in [-0.39, 0.29) is 0 Å². The van der Waals surface area contributed by atoms with Crippen molar-refractivity contribution >= 4 is 5.69 Å². The van der Waals surface area contributed by atoms with Crippen molar-refractivity contribution in [2.75, 3.05) is 11.9 Å². The summed E-state index contributed by atoms with van der Waals surface area (Å²) >= 11 is 0. The minimum absolute atomic E-state index is 0.557. The highest BCUT2D eigenvalue weighted by molar-refractivity contribution is 5.58. The molecule has 1 aromatic carbocycles. The van der Waals surface area contributed by atoms with Crippen LogP contribution in [0.2, 0.25) is 0 Å². The molecule has 0 radical (unpaired) electrons. The molecule has 0 aliphatic rings. The molecule has 0 spiro atoms. The summed E-state index contributed by atoms with van der Waals surface area (Å²) in [7, 11) is 0. The maximum atomic E-state index is 5.86. The van der Waals surface area contributed by atoms with Gasteiger partial charge in [0.2, 0.25) is 0 Å². The van der Waals surface area contributed by atoms with Crippen molar-refractivity contribution in [3.8, 4) is 5.75 Å². The third-order valence-electron chi connectivity index (χ3n) is 3.23. The fraction of sp³-hybridized carbons (Fsp3) is 0.647. The van der Waals surface area contributed by atoms with E-state index in [1.54, 1.807) is 0 Å². The second-order valence-corrected chi connectivity index (χ2v) is 5.27. The molecule has 0 aromatic heterocycles. The minimum atomic E-state index is 0.557. The van der Waals surface area contributed by atoms with Crippen LogP contribution < -0.4 is 10.1 Å². The highest BCUT2D eigenvalue weighted by Gasteiger charge is 2.10. The van der Waals surface area contributed by atoms with Gasteiger partial charge in [-0.05, 0) is 43.9 Å². The Hall–Kier alpha value is -1.18. The molecule has 1 aromatic rings. The first kappa shape index (κ1) is 15.9. The Bertz CT molecular complexity index is 356. The van der Waals surface area contributed by atoms with Crippen molar-refractivity contribution in [2.24, 2.45) is 0 Å². The van der Waals surface area contributed by atoms with Crippen molar-refractivity contribution in [3.05, 3.63) is 23.8 Å². The predicted molar refractivity (Wildman–Crippen MR) is 84.2 cm³/mol. The number of rotatable bonds is 9.